The molecule has 8 unspecified atom stereocenters. The predicted molar refractivity (Wildman–Crippen MR) is 135 cm³/mol. The molecule has 0 saturated heterocycles. The van der Waals surface area contributed by atoms with E-state index in [0.29, 0.717) is 33.0 Å². The fraction of sp³-hybridized carbons (Fsp3) is 0.935. The Morgan fingerprint density at radius 1 is 0.781 bits per heavy atom. The third-order valence-corrected chi connectivity index (χ3v) is 13.6. The van der Waals surface area contributed by atoms with E-state index < -0.39 is 0 Å². The second-order valence-electron chi connectivity index (χ2n) is 15.7. The summed E-state index contributed by atoms with van der Waals surface area (Å²) in [4.78, 5) is 0. The molecule has 4 saturated carbocycles. The van der Waals surface area contributed by atoms with Crippen LogP contribution in [0.3, 0.4) is 0 Å². The molecule has 32 heavy (non-hydrogen) atoms. The van der Waals surface area contributed by atoms with Crippen molar-refractivity contribution in [1.29, 1.82) is 0 Å². The topological polar surface area (TPSA) is 20.2 Å². The Labute approximate surface area is 199 Å². The molecule has 0 aromatic carbocycles. The van der Waals surface area contributed by atoms with Crippen LogP contribution in [0, 0.1) is 56.2 Å². The van der Waals surface area contributed by atoms with Crippen molar-refractivity contribution < 1.29 is 5.11 Å². The predicted octanol–water partition coefficient (Wildman–Crippen LogP) is 8.41. The average molecular weight is 441 g/mol. The average Bonchev–Trinajstić information content (AvgIpc) is 2.68. The van der Waals surface area contributed by atoms with E-state index in [2.05, 4.69) is 68.4 Å². The first-order chi connectivity index (χ1) is 14.6. The van der Waals surface area contributed by atoms with E-state index in [4.69, 9.17) is 0 Å². The Bertz CT molecular complexity index is 820. The van der Waals surface area contributed by atoms with E-state index in [-0.39, 0.29) is 11.5 Å². The molecule has 9 atom stereocenters. The zero-order valence-corrected chi connectivity index (χ0v) is 22.8. The summed E-state index contributed by atoms with van der Waals surface area (Å²) in [7, 11) is 0. The first-order valence-corrected chi connectivity index (χ1v) is 14.0. The monoisotopic (exact) mass is 440 g/mol. The minimum absolute atomic E-state index is 0.0467. The fourth-order valence-electron chi connectivity index (χ4n) is 11.0. The van der Waals surface area contributed by atoms with Gasteiger partial charge in [-0.2, -0.15) is 0 Å². The molecule has 5 aliphatic rings. The van der Waals surface area contributed by atoms with Gasteiger partial charge in [0, 0.05) is 0 Å². The van der Waals surface area contributed by atoms with Gasteiger partial charge < -0.3 is 5.11 Å². The van der Waals surface area contributed by atoms with Gasteiger partial charge in [-0.3, -0.25) is 0 Å². The van der Waals surface area contributed by atoms with E-state index in [1.54, 1.807) is 0 Å². The van der Waals surface area contributed by atoms with E-state index in [1.165, 1.54) is 51.4 Å². The molecular formula is C31H52O. The molecule has 1 nitrogen and oxygen atoms in total. The highest BCUT2D eigenvalue weighted by Crippen LogP contribution is 2.76. The van der Waals surface area contributed by atoms with Gasteiger partial charge in [0.15, 0.2) is 0 Å². The van der Waals surface area contributed by atoms with Crippen molar-refractivity contribution in [2.24, 2.45) is 56.2 Å². The van der Waals surface area contributed by atoms with Gasteiger partial charge in [0.05, 0.1) is 6.10 Å². The standard InChI is InChI=1S/C31H52O/c1-20-18-31(9)21(22-19-26(2,3)16-17-28(20,22)6)10-11-24-29(7)14-13-25(32)27(4,5)23(29)12-15-30(24,31)8/h10,20,22-25,32H,11-19H2,1-9H3/t20-,22?,23?,24?,25?,28?,29?,30?,31?/m1/s1. The highest BCUT2D eigenvalue weighted by Gasteiger charge is 2.68. The van der Waals surface area contributed by atoms with Crippen LogP contribution in [0.4, 0.5) is 0 Å². The number of hydrogen-bond acceptors (Lipinski definition) is 1. The molecule has 0 radical (unpaired) electrons. The number of rotatable bonds is 0. The fourth-order valence-corrected chi connectivity index (χ4v) is 11.0. The van der Waals surface area contributed by atoms with Crippen LogP contribution in [0.2, 0.25) is 0 Å². The van der Waals surface area contributed by atoms with E-state index in [9.17, 15) is 5.11 Å². The van der Waals surface area contributed by atoms with Crippen LogP contribution in [0.25, 0.3) is 0 Å². The lowest BCUT2D eigenvalue weighted by atomic mass is 9.33. The van der Waals surface area contributed by atoms with Crippen LogP contribution in [0.15, 0.2) is 11.6 Å². The number of hydrogen-bond donors (Lipinski definition) is 1. The zero-order valence-electron chi connectivity index (χ0n) is 22.8. The highest BCUT2D eigenvalue weighted by atomic mass is 16.3. The zero-order chi connectivity index (χ0) is 23.5. The summed E-state index contributed by atoms with van der Waals surface area (Å²) in [6.07, 6.45) is 14.4. The molecular weight excluding hydrogens is 388 g/mol. The van der Waals surface area contributed by atoms with E-state index in [0.717, 1.165) is 24.2 Å². The SMILES string of the molecule is C[C@@H]1CC2(C)C(=CCC3C4(C)CCC(O)C(C)(C)C4CCC32C)C2CC(C)(C)CCC21C. The molecule has 4 fully saturated rings. The Balaban J connectivity index is 1.60. The second-order valence-corrected chi connectivity index (χ2v) is 15.7. The molecule has 182 valence electrons. The summed E-state index contributed by atoms with van der Waals surface area (Å²) in [5, 5.41) is 10.9. The number of fused-ring (bicyclic) bond motifs is 7. The normalized spacial score (nSPS) is 56.2. The Kier molecular flexibility index (Phi) is 4.89. The van der Waals surface area contributed by atoms with Crippen molar-refractivity contribution in [1.82, 2.24) is 0 Å². The summed E-state index contributed by atoms with van der Waals surface area (Å²) < 4.78 is 0. The van der Waals surface area contributed by atoms with Crippen molar-refractivity contribution in [3.8, 4) is 0 Å². The number of aliphatic hydroxyl groups excluding tert-OH is 1. The van der Waals surface area contributed by atoms with Gasteiger partial charge >= 0.3 is 0 Å². The van der Waals surface area contributed by atoms with Gasteiger partial charge in [-0.1, -0.05) is 74.0 Å². The molecule has 1 heteroatoms. The third-order valence-electron chi connectivity index (χ3n) is 13.6. The molecule has 0 aromatic heterocycles. The van der Waals surface area contributed by atoms with Crippen molar-refractivity contribution in [2.45, 2.75) is 126 Å². The maximum absolute atomic E-state index is 10.9. The van der Waals surface area contributed by atoms with Crippen molar-refractivity contribution in [2.75, 3.05) is 0 Å². The van der Waals surface area contributed by atoms with Crippen LogP contribution in [0.1, 0.15) is 120 Å². The van der Waals surface area contributed by atoms with Gasteiger partial charge in [-0.05, 0) is 114 Å². The molecule has 1 N–H and O–H groups in total. The first-order valence-electron chi connectivity index (χ1n) is 14.0. The van der Waals surface area contributed by atoms with Gasteiger partial charge in [0.2, 0.25) is 0 Å². The van der Waals surface area contributed by atoms with E-state index >= 15 is 0 Å². The summed E-state index contributed by atoms with van der Waals surface area (Å²) in [6, 6.07) is 0. The largest absolute Gasteiger partial charge is 0.393 e. The van der Waals surface area contributed by atoms with E-state index in [1.807, 2.05) is 5.57 Å². The lowest BCUT2D eigenvalue weighted by Crippen LogP contribution is -2.65. The maximum atomic E-state index is 10.9. The Morgan fingerprint density at radius 3 is 2.16 bits per heavy atom. The molecule has 0 bridgehead atoms. The van der Waals surface area contributed by atoms with Crippen LogP contribution in [-0.4, -0.2) is 11.2 Å². The number of allylic oxidation sites excluding steroid dienone is 2. The van der Waals surface area contributed by atoms with Gasteiger partial charge in [0.25, 0.3) is 0 Å². The molecule has 0 spiro atoms. The number of aliphatic hydroxyl groups is 1. The van der Waals surface area contributed by atoms with Gasteiger partial charge in [-0.25, -0.2) is 0 Å². The van der Waals surface area contributed by atoms with Crippen LogP contribution < -0.4 is 0 Å². The summed E-state index contributed by atoms with van der Waals surface area (Å²) in [6.45, 7) is 23.1. The van der Waals surface area contributed by atoms with Crippen LogP contribution >= 0.6 is 0 Å². The maximum Gasteiger partial charge on any atom is 0.0594 e. The van der Waals surface area contributed by atoms with Gasteiger partial charge in [0.1, 0.15) is 0 Å². The molecule has 5 aliphatic carbocycles. The highest BCUT2D eigenvalue weighted by molar-refractivity contribution is 5.34. The summed E-state index contributed by atoms with van der Waals surface area (Å²) in [5.41, 5.74) is 3.97. The Morgan fingerprint density at radius 2 is 1.47 bits per heavy atom. The molecule has 5 rings (SSSR count). The smallest absolute Gasteiger partial charge is 0.0594 e. The summed E-state index contributed by atoms with van der Waals surface area (Å²) >= 11 is 0. The van der Waals surface area contributed by atoms with Crippen molar-refractivity contribution >= 4 is 0 Å². The lowest BCUT2D eigenvalue weighted by molar-refractivity contribution is -0.207. The first kappa shape index (κ1) is 23.4. The van der Waals surface area contributed by atoms with Crippen LogP contribution in [0.5, 0.6) is 0 Å². The minimum Gasteiger partial charge on any atom is -0.393 e. The van der Waals surface area contributed by atoms with Crippen molar-refractivity contribution in [3.05, 3.63) is 11.6 Å². The second kappa shape index (κ2) is 6.67. The Hall–Kier alpha value is -0.300. The molecule has 0 aliphatic heterocycles. The lowest BCUT2D eigenvalue weighted by Gasteiger charge is -2.72. The quantitative estimate of drug-likeness (QED) is 0.375. The van der Waals surface area contributed by atoms with Crippen molar-refractivity contribution in [3.63, 3.8) is 0 Å². The minimum atomic E-state index is -0.130. The van der Waals surface area contributed by atoms with Gasteiger partial charge in [-0.15, -0.1) is 0 Å². The third kappa shape index (κ3) is 2.73. The molecule has 0 amide bonds. The molecule has 0 aromatic rings. The molecule has 0 heterocycles. The summed E-state index contributed by atoms with van der Waals surface area (Å²) in [5.74, 6) is 2.97. The van der Waals surface area contributed by atoms with Crippen LogP contribution in [-0.2, 0) is 0 Å².